The Morgan fingerprint density at radius 1 is 0.917 bits per heavy atom. The molecular formula is C36H31N5O5S2. The fourth-order valence-corrected chi connectivity index (χ4v) is 6.56. The lowest BCUT2D eigenvalue weighted by Crippen LogP contribution is -2.30. The van der Waals surface area contributed by atoms with Crippen LogP contribution in [0.4, 0.5) is 16.5 Å². The molecule has 3 N–H and O–H groups in total. The number of nitrogens with zero attached hydrogens (tertiary/aromatic N) is 2. The zero-order valence-electron chi connectivity index (χ0n) is 26.0. The number of thiazole rings is 1. The Morgan fingerprint density at radius 3 is 2.31 bits per heavy atom. The maximum Gasteiger partial charge on any atom is 0.276 e. The van der Waals surface area contributed by atoms with Crippen LogP contribution in [-0.4, -0.2) is 32.9 Å². The van der Waals surface area contributed by atoms with E-state index in [0.29, 0.717) is 22.8 Å². The van der Waals surface area contributed by atoms with Crippen molar-refractivity contribution in [3.8, 4) is 11.3 Å². The third-order valence-electron chi connectivity index (χ3n) is 7.07. The second-order valence-electron chi connectivity index (χ2n) is 10.5. The van der Waals surface area contributed by atoms with Gasteiger partial charge in [0, 0.05) is 32.7 Å². The number of nitrogens with one attached hydrogen (secondary N) is 3. The Bertz CT molecular complexity index is 1980. The fraction of sp³-hybridized carbons (Fsp3) is 0.111. The van der Waals surface area contributed by atoms with Crippen molar-refractivity contribution in [1.29, 1.82) is 0 Å². The summed E-state index contributed by atoms with van der Waals surface area (Å²) in [4.78, 5) is 57.3. The number of thioether (sulfide) groups is 1. The van der Waals surface area contributed by atoms with Crippen LogP contribution in [0.3, 0.4) is 0 Å². The number of rotatable bonds is 12. The number of nitro benzene ring substituents is 1. The molecule has 0 aliphatic carbocycles. The van der Waals surface area contributed by atoms with E-state index in [9.17, 15) is 24.5 Å². The first kappa shape index (κ1) is 33.8. The zero-order chi connectivity index (χ0) is 34.0. The standard InChI is InChI=1S/C36H31N5O5S2/c1-3-31(35(44)40-36-39-32(23(2)47-36)24-13-6-4-7-14-24)48-28-19-12-18-27(22-28)37-34(43)29(38-33(42)25-15-8-5-9-16-25)21-26-17-10-11-20-30(26)41(45)46/h4-22,31H,3H2,1-2H3,(H,37,43)(H,38,42)(H,39,40,44)/b29-21+. The van der Waals surface area contributed by atoms with E-state index < -0.39 is 22.0 Å². The van der Waals surface area contributed by atoms with E-state index in [2.05, 4.69) is 20.9 Å². The molecule has 0 fully saturated rings. The molecule has 10 nitrogen and oxygen atoms in total. The van der Waals surface area contributed by atoms with Crippen molar-refractivity contribution in [2.24, 2.45) is 0 Å². The van der Waals surface area contributed by atoms with Crippen LogP contribution in [0.25, 0.3) is 17.3 Å². The van der Waals surface area contributed by atoms with E-state index >= 15 is 0 Å². The summed E-state index contributed by atoms with van der Waals surface area (Å²) in [6.07, 6.45) is 1.81. The quantitative estimate of drug-likeness (QED) is 0.0526. The van der Waals surface area contributed by atoms with Crippen LogP contribution in [0.1, 0.15) is 34.1 Å². The molecule has 1 atom stereocenters. The smallest absolute Gasteiger partial charge is 0.276 e. The number of hydrogen-bond donors (Lipinski definition) is 3. The lowest BCUT2D eigenvalue weighted by atomic mass is 10.1. The Labute approximate surface area is 285 Å². The molecule has 1 heterocycles. The second kappa shape index (κ2) is 15.8. The van der Waals surface area contributed by atoms with Crippen LogP contribution >= 0.6 is 23.1 Å². The monoisotopic (exact) mass is 677 g/mol. The van der Waals surface area contributed by atoms with Crippen molar-refractivity contribution in [1.82, 2.24) is 10.3 Å². The molecule has 0 bridgehead atoms. The van der Waals surface area contributed by atoms with Gasteiger partial charge in [-0.15, -0.1) is 23.1 Å². The summed E-state index contributed by atoms with van der Waals surface area (Å²) in [6.45, 7) is 3.89. The van der Waals surface area contributed by atoms with Crippen LogP contribution < -0.4 is 16.0 Å². The number of anilines is 2. The molecule has 3 amide bonds. The molecule has 0 spiro atoms. The van der Waals surface area contributed by atoms with E-state index in [1.54, 1.807) is 54.6 Å². The van der Waals surface area contributed by atoms with Gasteiger partial charge in [0.05, 0.1) is 21.4 Å². The number of amides is 3. The summed E-state index contributed by atoms with van der Waals surface area (Å²) >= 11 is 2.76. The van der Waals surface area contributed by atoms with Crippen molar-refractivity contribution in [2.75, 3.05) is 10.6 Å². The summed E-state index contributed by atoms with van der Waals surface area (Å²) < 4.78 is 0. The van der Waals surface area contributed by atoms with Gasteiger partial charge in [-0.25, -0.2) is 4.98 Å². The predicted octanol–water partition coefficient (Wildman–Crippen LogP) is 7.95. The first-order valence-electron chi connectivity index (χ1n) is 14.9. The maximum absolute atomic E-state index is 13.6. The molecule has 0 aliphatic heterocycles. The molecule has 1 unspecified atom stereocenters. The Kier molecular flexibility index (Phi) is 11.1. The number of carbonyl (C=O) groups excluding carboxylic acids is 3. The minimum Gasteiger partial charge on any atom is -0.321 e. The summed E-state index contributed by atoms with van der Waals surface area (Å²) in [5.74, 6) is -1.43. The second-order valence-corrected chi connectivity index (χ2v) is 12.9. The van der Waals surface area contributed by atoms with Crippen LogP contribution in [0.15, 0.2) is 120 Å². The summed E-state index contributed by atoms with van der Waals surface area (Å²) in [5.41, 5.74) is 2.27. The number of benzene rings is 4. The molecule has 0 radical (unpaired) electrons. The van der Waals surface area contributed by atoms with Crippen LogP contribution in [0, 0.1) is 17.0 Å². The fourth-order valence-electron chi connectivity index (χ4n) is 4.71. The molecule has 12 heteroatoms. The van der Waals surface area contributed by atoms with Gasteiger partial charge in [-0.1, -0.05) is 73.7 Å². The van der Waals surface area contributed by atoms with E-state index in [0.717, 1.165) is 21.0 Å². The van der Waals surface area contributed by atoms with Gasteiger partial charge in [0.1, 0.15) is 5.70 Å². The van der Waals surface area contributed by atoms with Crippen molar-refractivity contribution < 1.29 is 19.3 Å². The molecule has 1 aromatic heterocycles. The van der Waals surface area contributed by atoms with E-state index in [4.69, 9.17) is 0 Å². The van der Waals surface area contributed by atoms with Gasteiger partial charge in [-0.3, -0.25) is 24.5 Å². The first-order valence-corrected chi connectivity index (χ1v) is 16.6. The highest BCUT2D eigenvalue weighted by atomic mass is 32.2. The summed E-state index contributed by atoms with van der Waals surface area (Å²) in [5, 5.41) is 20.1. The highest BCUT2D eigenvalue weighted by Crippen LogP contribution is 2.32. The molecule has 5 rings (SSSR count). The number of para-hydroxylation sites is 1. The van der Waals surface area contributed by atoms with Crippen LogP contribution in [0.2, 0.25) is 0 Å². The average molecular weight is 678 g/mol. The lowest BCUT2D eigenvalue weighted by Gasteiger charge is -2.15. The Morgan fingerprint density at radius 2 is 1.60 bits per heavy atom. The van der Waals surface area contributed by atoms with Gasteiger partial charge < -0.3 is 16.0 Å². The van der Waals surface area contributed by atoms with E-state index in [1.807, 2.05) is 50.2 Å². The summed E-state index contributed by atoms with van der Waals surface area (Å²) in [6, 6.07) is 31.0. The van der Waals surface area contributed by atoms with Crippen LogP contribution in [-0.2, 0) is 9.59 Å². The highest BCUT2D eigenvalue weighted by molar-refractivity contribution is 8.00. The number of nitro groups is 1. The van der Waals surface area contributed by atoms with E-state index in [-0.39, 0.29) is 22.9 Å². The van der Waals surface area contributed by atoms with Crippen molar-refractivity contribution in [3.05, 3.63) is 141 Å². The maximum atomic E-state index is 13.6. The third-order valence-corrected chi connectivity index (χ3v) is 9.31. The van der Waals surface area contributed by atoms with Gasteiger partial charge >= 0.3 is 0 Å². The Balaban J connectivity index is 1.32. The topological polar surface area (TPSA) is 143 Å². The number of aryl methyl sites for hydroxylation is 1. The van der Waals surface area contributed by atoms with Gasteiger partial charge in [0.25, 0.3) is 17.5 Å². The van der Waals surface area contributed by atoms with Crippen LogP contribution in [0.5, 0.6) is 0 Å². The number of hydrogen-bond acceptors (Lipinski definition) is 8. The average Bonchev–Trinajstić information content (AvgIpc) is 3.47. The van der Waals surface area contributed by atoms with Gasteiger partial charge in [-0.05, 0) is 55.8 Å². The molecular weight excluding hydrogens is 647 g/mol. The largest absolute Gasteiger partial charge is 0.321 e. The van der Waals surface area contributed by atoms with Gasteiger partial charge in [-0.2, -0.15) is 0 Å². The first-order chi connectivity index (χ1) is 23.2. The molecule has 5 aromatic rings. The highest BCUT2D eigenvalue weighted by Gasteiger charge is 2.22. The van der Waals surface area contributed by atoms with Crippen molar-refractivity contribution in [3.63, 3.8) is 0 Å². The minimum atomic E-state index is -0.683. The minimum absolute atomic E-state index is 0.147. The van der Waals surface area contributed by atoms with Crippen molar-refractivity contribution in [2.45, 2.75) is 30.4 Å². The van der Waals surface area contributed by atoms with E-state index in [1.165, 1.54) is 47.4 Å². The zero-order valence-corrected chi connectivity index (χ0v) is 27.6. The SMILES string of the molecule is CCC(Sc1cccc(NC(=O)/C(=C\c2ccccc2[N+](=O)[O-])NC(=O)c2ccccc2)c1)C(=O)Nc1nc(-c2ccccc2)c(C)s1. The molecule has 48 heavy (non-hydrogen) atoms. The lowest BCUT2D eigenvalue weighted by molar-refractivity contribution is -0.385. The third kappa shape index (κ3) is 8.60. The molecule has 4 aromatic carbocycles. The molecule has 0 saturated carbocycles. The normalized spacial score (nSPS) is 11.8. The predicted molar refractivity (Wildman–Crippen MR) is 191 cm³/mol. The Hall–Kier alpha value is -5.59. The van der Waals surface area contributed by atoms with Gasteiger partial charge in [0.15, 0.2) is 5.13 Å². The molecule has 0 aliphatic rings. The van der Waals surface area contributed by atoms with Crippen molar-refractivity contribution >= 4 is 63.4 Å². The number of aromatic nitrogens is 1. The molecule has 0 saturated heterocycles. The number of carbonyl (C=O) groups is 3. The van der Waals surface area contributed by atoms with Gasteiger partial charge in [0.2, 0.25) is 5.91 Å². The molecule has 242 valence electrons. The summed E-state index contributed by atoms with van der Waals surface area (Å²) in [7, 11) is 0.